The van der Waals surface area contributed by atoms with Gasteiger partial charge in [0, 0.05) is 12.1 Å². The molecule has 0 spiro atoms. The smallest absolute Gasteiger partial charge is 0.251 e. The number of hydrogen-bond acceptors (Lipinski definition) is 1. The van der Waals surface area contributed by atoms with Crippen molar-refractivity contribution in [3.63, 3.8) is 0 Å². The van der Waals surface area contributed by atoms with E-state index in [1.807, 2.05) is 24.3 Å². The van der Waals surface area contributed by atoms with Gasteiger partial charge in [-0.25, -0.2) is 0 Å². The van der Waals surface area contributed by atoms with E-state index in [4.69, 9.17) is 0 Å². The van der Waals surface area contributed by atoms with Crippen LogP contribution in [0, 0.1) is 5.92 Å². The highest BCUT2D eigenvalue weighted by molar-refractivity contribution is 5.94. The molecular formula is C17H27NO. The lowest BCUT2D eigenvalue weighted by Crippen LogP contribution is -2.29. The first-order valence-corrected chi connectivity index (χ1v) is 7.58. The monoisotopic (exact) mass is 261 g/mol. The Kier molecular flexibility index (Phi) is 7.24. The van der Waals surface area contributed by atoms with Crippen molar-refractivity contribution < 1.29 is 4.79 Å². The molecule has 0 heterocycles. The number of nitrogens with one attached hydrogen (secondary N) is 1. The minimum Gasteiger partial charge on any atom is -0.352 e. The lowest BCUT2D eigenvalue weighted by molar-refractivity contribution is 0.0946. The molecule has 0 aliphatic rings. The predicted molar refractivity (Wildman–Crippen MR) is 81.5 cm³/mol. The number of benzene rings is 1. The quantitative estimate of drug-likeness (QED) is 0.746. The molecule has 1 aromatic rings. The predicted octanol–water partition coefficient (Wildman–Crippen LogP) is 4.20. The highest BCUT2D eigenvalue weighted by Crippen LogP contribution is 2.12. The Balaban J connectivity index is 2.44. The number of unbranched alkanes of at least 4 members (excludes halogenated alkanes) is 1. The Labute approximate surface area is 117 Å². The van der Waals surface area contributed by atoms with Gasteiger partial charge in [0.05, 0.1) is 0 Å². The third-order valence-electron chi connectivity index (χ3n) is 3.72. The van der Waals surface area contributed by atoms with E-state index in [9.17, 15) is 4.79 Å². The van der Waals surface area contributed by atoms with Crippen molar-refractivity contribution in [1.29, 1.82) is 0 Å². The summed E-state index contributed by atoms with van der Waals surface area (Å²) in [4.78, 5) is 12.0. The van der Waals surface area contributed by atoms with Crippen LogP contribution in [-0.2, 0) is 6.42 Å². The second-order valence-corrected chi connectivity index (χ2v) is 5.18. The molecular weight excluding hydrogens is 234 g/mol. The summed E-state index contributed by atoms with van der Waals surface area (Å²) in [6, 6.07) is 7.90. The van der Waals surface area contributed by atoms with Crippen molar-refractivity contribution in [3.8, 4) is 0 Å². The van der Waals surface area contributed by atoms with Crippen LogP contribution in [0.1, 0.15) is 62.4 Å². The van der Waals surface area contributed by atoms with Gasteiger partial charge in [0.15, 0.2) is 0 Å². The Morgan fingerprint density at radius 3 is 2.37 bits per heavy atom. The highest BCUT2D eigenvalue weighted by atomic mass is 16.1. The maximum absolute atomic E-state index is 12.0. The maximum atomic E-state index is 12.0. The van der Waals surface area contributed by atoms with E-state index in [0.29, 0.717) is 5.92 Å². The van der Waals surface area contributed by atoms with Gasteiger partial charge >= 0.3 is 0 Å². The molecule has 0 radical (unpaired) electrons. The first-order chi connectivity index (χ1) is 9.21. The Morgan fingerprint density at radius 2 is 1.84 bits per heavy atom. The number of carbonyl (C=O) groups is 1. The first-order valence-electron chi connectivity index (χ1n) is 7.58. The SMILES string of the molecule is CCCC[C@H](CC)CNC(=O)c1ccc(CC)cc1. The van der Waals surface area contributed by atoms with Crippen LogP contribution < -0.4 is 5.32 Å². The van der Waals surface area contributed by atoms with Gasteiger partial charge in [-0.15, -0.1) is 0 Å². The van der Waals surface area contributed by atoms with Crippen LogP contribution in [0.15, 0.2) is 24.3 Å². The molecule has 19 heavy (non-hydrogen) atoms. The van der Waals surface area contributed by atoms with E-state index in [1.165, 1.54) is 24.8 Å². The topological polar surface area (TPSA) is 29.1 Å². The van der Waals surface area contributed by atoms with Gasteiger partial charge in [-0.1, -0.05) is 52.2 Å². The minimum absolute atomic E-state index is 0.0533. The maximum Gasteiger partial charge on any atom is 0.251 e. The van der Waals surface area contributed by atoms with Crippen LogP contribution in [-0.4, -0.2) is 12.5 Å². The van der Waals surface area contributed by atoms with Gasteiger partial charge in [0.25, 0.3) is 5.91 Å². The molecule has 1 rings (SSSR count). The summed E-state index contributed by atoms with van der Waals surface area (Å²) in [6.45, 7) is 7.32. The molecule has 0 bridgehead atoms. The zero-order valence-electron chi connectivity index (χ0n) is 12.5. The number of rotatable bonds is 8. The van der Waals surface area contributed by atoms with Crippen LogP contribution in [0.25, 0.3) is 0 Å². The van der Waals surface area contributed by atoms with Gasteiger partial charge in [0.2, 0.25) is 0 Å². The minimum atomic E-state index is 0.0533. The van der Waals surface area contributed by atoms with Gasteiger partial charge in [-0.2, -0.15) is 0 Å². The van der Waals surface area contributed by atoms with Crippen molar-refractivity contribution in [2.45, 2.75) is 52.9 Å². The first kappa shape index (κ1) is 15.7. The summed E-state index contributed by atoms with van der Waals surface area (Å²) in [5.41, 5.74) is 2.04. The molecule has 0 unspecified atom stereocenters. The van der Waals surface area contributed by atoms with E-state index >= 15 is 0 Å². The fraction of sp³-hybridized carbons (Fsp3) is 0.588. The van der Waals surface area contributed by atoms with Gasteiger partial charge in [0.1, 0.15) is 0 Å². The second-order valence-electron chi connectivity index (χ2n) is 5.18. The van der Waals surface area contributed by atoms with Crippen molar-refractivity contribution in [2.75, 3.05) is 6.54 Å². The normalized spacial score (nSPS) is 12.2. The number of amides is 1. The Hall–Kier alpha value is -1.31. The summed E-state index contributed by atoms with van der Waals surface area (Å²) < 4.78 is 0. The van der Waals surface area contributed by atoms with Crippen molar-refractivity contribution in [3.05, 3.63) is 35.4 Å². The summed E-state index contributed by atoms with van der Waals surface area (Å²) in [7, 11) is 0. The molecule has 0 saturated heterocycles. The summed E-state index contributed by atoms with van der Waals surface area (Å²) in [6.07, 6.45) is 5.83. The van der Waals surface area contributed by atoms with Gasteiger partial charge in [-0.05, 0) is 36.5 Å². The molecule has 1 aromatic carbocycles. The largest absolute Gasteiger partial charge is 0.352 e. The molecule has 0 aromatic heterocycles. The van der Waals surface area contributed by atoms with Crippen molar-refractivity contribution >= 4 is 5.91 Å². The molecule has 0 aliphatic carbocycles. The average molecular weight is 261 g/mol. The summed E-state index contributed by atoms with van der Waals surface area (Å²) in [5, 5.41) is 3.06. The molecule has 0 fully saturated rings. The number of carbonyl (C=O) groups excluding carboxylic acids is 1. The molecule has 1 amide bonds. The highest BCUT2D eigenvalue weighted by Gasteiger charge is 2.09. The average Bonchev–Trinajstić information content (AvgIpc) is 2.47. The van der Waals surface area contributed by atoms with Crippen molar-refractivity contribution in [2.24, 2.45) is 5.92 Å². The molecule has 2 heteroatoms. The zero-order valence-corrected chi connectivity index (χ0v) is 12.5. The number of aryl methyl sites for hydroxylation is 1. The van der Waals surface area contributed by atoms with E-state index in [1.54, 1.807) is 0 Å². The summed E-state index contributed by atoms with van der Waals surface area (Å²) in [5.74, 6) is 0.663. The van der Waals surface area contributed by atoms with Gasteiger partial charge in [-0.3, -0.25) is 4.79 Å². The lowest BCUT2D eigenvalue weighted by Gasteiger charge is -2.15. The molecule has 2 nitrogen and oxygen atoms in total. The number of hydrogen-bond donors (Lipinski definition) is 1. The third-order valence-corrected chi connectivity index (χ3v) is 3.72. The third kappa shape index (κ3) is 5.46. The molecule has 0 saturated carbocycles. The lowest BCUT2D eigenvalue weighted by atomic mass is 9.99. The second kappa shape index (κ2) is 8.73. The van der Waals surface area contributed by atoms with E-state index < -0.39 is 0 Å². The van der Waals surface area contributed by atoms with Crippen LogP contribution in [0.2, 0.25) is 0 Å². The van der Waals surface area contributed by atoms with Crippen LogP contribution in [0.5, 0.6) is 0 Å². The van der Waals surface area contributed by atoms with Crippen LogP contribution >= 0.6 is 0 Å². The fourth-order valence-electron chi connectivity index (χ4n) is 2.17. The van der Waals surface area contributed by atoms with Crippen LogP contribution in [0.4, 0.5) is 0 Å². The fourth-order valence-corrected chi connectivity index (χ4v) is 2.17. The van der Waals surface area contributed by atoms with E-state index in [2.05, 4.69) is 26.1 Å². The zero-order chi connectivity index (χ0) is 14.1. The Morgan fingerprint density at radius 1 is 1.16 bits per heavy atom. The van der Waals surface area contributed by atoms with E-state index in [0.717, 1.165) is 24.9 Å². The molecule has 106 valence electrons. The van der Waals surface area contributed by atoms with Crippen molar-refractivity contribution in [1.82, 2.24) is 5.32 Å². The molecule has 1 N–H and O–H groups in total. The molecule has 0 aliphatic heterocycles. The summed E-state index contributed by atoms with van der Waals surface area (Å²) >= 11 is 0. The molecule has 1 atom stereocenters. The Bertz CT molecular complexity index is 369. The van der Waals surface area contributed by atoms with Gasteiger partial charge < -0.3 is 5.32 Å². The van der Waals surface area contributed by atoms with E-state index in [-0.39, 0.29) is 5.91 Å². The standard InChI is InChI=1S/C17H27NO/c1-4-7-8-15(6-3)13-18-17(19)16-11-9-14(5-2)10-12-16/h9-12,15H,4-8,13H2,1-3H3,(H,18,19)/t15-/m0/s1. The van der Waals surface area contributed by atoms with Crippen LogP contribution in [0.3, 0.4) is 0 Å².